The molecule has 0 saturated carbocycles. The average molecular weight is 342 g/mol. The van der Waals surface area contributed by atoms with Gasteiger partial charge in [-0.05, 0) is 31.2 Å². The van der Waals surface area contributed by atoms with Gasteiger partial charge in [-0.1, -0.05) is 24.3 Å². The van der Waals surface area contributed by atoms with Crippen LogP contribution in [0.4, 0.5) is 15.8 Å². The zero-order chi connectivity index (χ0) is 17.8. The van der Waals surface area contributed by atoms with E-state index in [4.69, 9.17) is 4.74 Å². The quantitative estimate of drug-likeness (QED) is 0.908. The van der Waals surface area contributed by atoms with E-state index in [1.807, 2.05) is 13.0 Å². The molecule has 0 unspecified atom stereocenters. The van der Waals surface area contributed by atoms with Crippen molar-refractivity contribution in [2.24, 2.45) is 5.92 Å². The number of carbonyl (C=O) groups is 2. The maximum absolute atomic E-state index is 13.9. The third kappa shape index (κ3) is 3.63. The summed E-state index contributed by atoms with van der Waals surface area (Å²) in [6, 6.07) is 13.2. The lowest BCUT2D eigenvalue weighted by Gasteiger charge is -2.17. The highest BCUT2D eigenvalue weighted by Crippen LogP contribution is 2.29. The molecule has 5 nitrogen and oxygen atoms in total. The molecular formula is C19H19FN2O3. The van der Waals surface area contributed by atoms with Gasteiger partial charge in [0.1, 0.15) is 11.6 Å². The minimum absolute atomic E-state index is 0.0525. The fourth-order valence-corrected chi connectivity index (χ4v) is 2.87. The van der Waals surface area contributed by atoms with Gasteiger partial charge in [0, 0.05) is 13.0 Å². The van der Waals surface area contributed by atoms with Crippen LogP contribution in [0.5, 0.6) is 5.75 Å². The summed E-state index contributed by atoms with van der Waals surface area (Å²) in [6.45, 7) is 2.50. The number of anilines is 2. The second-order valence-electron chi connectivity index (χ2n) is 5.78. The minimum atomic E-state index is -0.540. The number of nitrogens with zero attached hydrogens (tertiary/aromatic N) is 1. The molecule has 1 aliphatic heterocycles. The fraction of sp³-hybridized carbons (Fsp3) is 0.263. The summed E-state index contributed by atoms with van der Waals surface area (Å²) in [4.78, 5) is 26.1. The first kappa shape index (κ1) is 17.0. The molecule has 0 aromatic heterocycles. The third-order valence-corrected chi connectivity index (χ3v) is 4.08. The van der Waals surface area contributed by atoms with E-state index in [1.54, 1.807) is 30.3 Å². The van der Waals surface area contributed by atoms with Crippen LogP contribution in [0.1, 0.15) is 13.3 Å². The van der Waals surface area contributed by atoms with E-state index < -0.39 is 11.7 Å². The number of benzene rings is 2. The molecule has 1 aliphatic rings. The molecule has 25 heavy (non-hydrogen) atoms. The SMILES string of the molecule is CCOc1ccccc1NC(=O)[C@H]1CC(=O)N(c2ccccc2F)C1. The summed E-state index contributed by atoms with van der Waals surface area (Å²) in [5, 5.41) is 2.81. The van der Waals surface area contributed by atoms with Gasteiger partial charge in [0.25, 0.3) is 0 Å². The normalized spacial score (nSPS) is 16.8. The molecule has 2 amide bonds. The van der Waals surface area contributed by atoms with E-state index in [9.17, 15) is 14.0 Å². The number of para-hydroxylation sites is 3. The van der Waals surface area contributed by atoms with Gasteiger partial charge >= 0.3 is 0 Å². The maximum atomic E-state index is 13.9. The van der Waals surface area contributed by atoms with E-state index >= 15 is 0 Å². The monoisotopic (exact) mass is 342 g/mol. The second-order valence-corrected chi connectivity index (χ2v) is 5.78. The van der Waals surface area contributed by atoms with E-state index in [-0.39, 0.29) is 30.5 Å². The van der Waals surface area contributed by atoms with E-state index in [1.165, 1.54) is 17.0 Å². The van der Waals surface area contributed by atoms with Crippen molar-refractivity contribution in [3.63, 3.8) is 0 Å². The Bertz CT molecular complexity index is 794. The Morgan fingerprint density at radius 1 is 1.24 bits per heavy atom. The smallest absolute Gasteiger partial charge is 0.229 e. The Labute approximate surface area is 145 Å². The molecule has 1 atom stereocenters. The van der Waals surface area contributed by atoms with Crippen molar-refractivity contribution in [2.45, 2.75) is 13.3 Å². The lowest BCUT2D eigenvalue weighted by Crippen LogP contribution is -2.28. The Kier molecular flexibility index (Phi) is 4.97. The third-order valence-electron chi connectivity index (χ3n) is 4.08. The highest BCUT2D eigenvalue weighted by atomic mass is 19.1. The Balaban J connectivity index is 1.72. The zero-order valence-electron chi connectivity index (χ0n) is 13.9. The van der Waals surface area contributed by atoms with E-state index in [0.29, 0.717) is 18.0 Å². The van der Waals surface area contributed by atoms with E-state index in [2.05, 4.69) is 5.32 Å². The number of hydrogen-bond donors (Lipinski definition) is 1. The van der Waals surface area contributed by atoms with Crippen LogP contribution in [0.25, 0.3) is 0 Å². The number of hydrogen-bond acceptors (Lipinski definition) is 3. The van der Waals surface area contributed by atoms with Crippen LogP contribution >= 0.6 is 0 Å². The zero-order valence-corrected chi connectivity index (χ0v) is 13.9. The molecule has 130 valence electrons. The van der Waals surface area contributed by atoms with Crippen molar-refractivity contribution in [2.75, 3.05) is 23.4 Å². The van der Waals surface area contributed by atoms with E-state index in [0.717, 1.165) is 0 Å². The first-order chi connectivity index (χ1) is 12.1. The van der Waals surface area contributed by atoms with Crippen molar-refractivity contribution >= 4 is 23.2 Å². The number of carbonyl (C=O) groups excluding carboxylic acids is 2. The molecule has 1 fully saturated rings. The lowest BCUT2D eigenvalue weighted by atomic mass is 10.1. The van der Waals surface area contributed by atoms with Crippen LogP contribution in [0.3, 0.4) is 0 Å². The van der Waals surface area contributed by atoms with Crippen LogP contribution in [0.15, 0.2) is 48.5 Å². The predicted octanol–water partition coefficient (Wildman–Crippen LogP) is 3.22. The van der Waals surface area contributed by atoms with Gasteiger partial charge in [-0.25, -0.2) is 4.39 Å². The van der Waals surface area contributed by atoms with Crippen LogP contribution < -0.4 is 15.0 Å². The first-order valence-electron chi connectivity index (χ1n) is 8.17. The molecule has 3 rings (SSSR count). The topological polar surface area (TPSA) is 58.6 Å². The van der Waals surface area contributed by atoms with Gasteiger partial charge in [-0.2, -0.15) is 0 Å². The predicted molar refractivity (Wildman–Crippen MR) is 93.1 cm³/mol. The molecule has 1 heterocycles. The van der Waals surface area contributed by atoms with Crippen LogP contribution in [-0.4, -0.2) is 25.0 Å². The lowest BCUT2D eigenvalue weighted by molar-refractivity contribution is -0.122. The summed E-state index contributed by atoms with van der Waals surface area (Å²) >= 11 is 0. The molecule has 2 aromatic carbocycles. The summed E-state index contributed by atoms with van der Waals surface area (Å²) in [5.74, 6) is -0.975. The highest BCUT2D eigenvalue weighted by Gasteiger charge is 2.36. The van der Waals surface area contributed by atoms with Crippen molar-refractivity contribution in [3.05, 3.63) is 54.3 Å². The average Bonchev–Trinajstić information content (AvgIpc) is 2.99. The van der Waals surface area contributed by atoms with Gasteiger partial charge in [-0.3, -0.25) is 9.59 Å². The number of rotatable bonds is 5. The molecule has 2 aromatic rings. The summed E-state index contributed by atoms with van der Waals surface area (Å²) in [7, 11) is 0. The van der Waals surface area contributed by atoms with Crippen molar-refractivity contribution < 1.29 is 18.7 Å². The van der Waals surface area contributed by atoms with Gasteiger partial charge in [-0.15, -0.1) is 0 Å². The standard InChI is InChI=1S/C19H19FN2O3/c1-2-25-17-10-6-4-8-15(17)21-19(24)13-11-18(23)22(12-13)16-9-5-3-7-14(16)20/h3-10,13H,2,11-12H2,1H3,(H,21,24)/t13-/m0/s1. The largest absolute Gasteiger partial charge is 0.492 e. The van der Waals surface area contributed by atoms with Gasteiger partial charge in [0.05, 0.1) is 23.9 Å². The maximum Gasteiger partial charge on any atom is 0.229 e. The Hall–Kier alpha value is -2.89. The molecule has 0 spiro atoms. The highest BCUT2D eigenvalue weighted by molar-refractivity contribution is 6.03. The number of amides is 2. The summed E-state index contributed by atoms with van der Waals surface area (Å²) in [6.07, 6.45) is 0.0525. The van der Waals surface area contributed by atoms with Crippen molar-refractivity contribution in [1.29, 1.82) is 0 Å². The summed E-state index contributed by atoms with van der Waals surface area (Å²) in [5.41, 5.74) is 0.767. The first-order valence-corrected chi connectivity index (χ1v) is 8.17. The molecular weight excluding hydrogens is 323 g/mol. The fourth-order valence-electron chi connectivity index (χ4n) is 2.87. The molecule has 0 bridgehead atoms. The van der Waals surface area contributed by atoms with Crippen molar-refractivity contribution in [1.82, 2.24) is 0 Å². The van der Waals surface area contributed by atoms with Crippen LogP contribution in [-0.2, 0) is 9.59 Å². The van der Waals surface area contributed by atoms with Crippen LogP contribution in [0, 0.1) is 11.7 Å². The molecule has 0 radical (unpaired) electrons. The summed E-state index contributed by atoms with van der Waals surface area (Å²) < 4.78 is 19.4. The molecule has 1 saturated heterocycles. The van der Waals surface area contributed by atoms with Gasteiger partial charge < -0.3 is 15.0 Å². The van der Waals surface area contributed by atoms with Gasteiger partial charge in [0.2, 0.25) is 11.8 Å². The Morgan fingerprint density at radius 2 is 1.96 bits per heavy atom. The second kappa shape index (κ2) is 7.34. The van der Waals surface area contributed by atoms with Crippen LogP contribution in [0.2, 0.25) is 0 Å². The van der Waals surface area contributed by atoms with Gasteiger partial charge in [0.15, 0.2) is 0 Å². The molecule has 6 heteroatoms. The molecule has 0 aliphatic carbocycles. The number of nitrogens with one attached hydrogen (secondary N) is 1. The number of ether oxygens (including phenoxy) is 1. The number of halogens is 1. The van der Waals surface area contributed by atoms with Crippen molar-refractivity contribution in [3.8, 4) is 5.75 Å². The minimum Gasteiger partial charge on any atom is -0.492 e. The molecule has 1 N–H and O–H groups in total. The Morgan fingerprint density at radius 3 is 2.72 bits per heavy atom.